The van der Waals surface area contributed by atoms with Crippen LogP contribution < -0.4 is 21.7 Å². The van der Waals surface area contributed by atoms with Gasteiger partial charge in [-0.25, -0.2) is 31.8 Å². The standard InChI is InChI=1S/C17H16N8O4S2/c18-15-13-14(9-3-1-5-11(7-9)30(20,26)27)24-25(16(13)23-17(19)22-15)10-4-2-6-12(8-10)31(21,28)29/h1-8H,(H2,20,26,27)(H2,21,28,29)(H4,18,19,22,23). The van der Waals surface area contributed by atoms with E-state index in [9.17, 15) is 16.8 Å². The first-order chi connectivity index (χ1) is 14.4. The van der Waals surface area contributed by atoms with Gasteiger partial charge in [-0.15, -0.1) is 0 Å². The summed E-state index contributed by atoms with van der Waals surface area (Å²) in [5.41, 5.74) is 12.9. The number of nitrogens with two attached hydrogens (primary N) is 4. The van der Waals surface area contributed by atoms with Crippen LogP contribution in [0, 0.1) is 0 Å². The van der Waals surface area contributed by atoms with Crippen molar-refractivity contribution < 1.29 is 16.8 Å². The molecule has 2 aromatic heterocycles. The predicted octanol–water partition coefficient (Wildman–Crippen LogP) is -0.0583. The van der Waals surface area contributed by atoms with Crippen LogP contribution in [0.2, 0.25) is 0 Å². The Morgan fingerprint density at radius 2 is 1.42 bits per heavy atom. The third-order valence-corrected chi connectivity index (χ3v) is 6.22. The van der Waals surface area contributed by atoms with E-state index in [1.165, 1.54) is 41.1 Å². The number of nitrogen functional groups attached to an aromatic ring is 2. The third kappa shape index (κ3) is 3.79. The molecule has 0 aliphatic rings. The highest BCUT2D eigenvalue weighted by atomic mass is 32.2. The summed E-state index contributed by atoms with van der Waals surface area (Å²) in [4.78, 5) is 7.88. The van der Waals surface area contributed by atoms with Crippen LogP contribution in [0.4, 0.5) is 11.8 Å². The molecule has 0 saturated carbocycles. The molecule has 0 radical (unpaired) electrons. The second-order valence-corrected chi connectivity index (χ2v) is 9.66. The average molecular weight is 461 g/mol. The maximum atomic E-state index is 11.8. The highest BCUT2D eigenvalue weighted by Crippen LogP contribution is 2.33. The van der Waals surface area contributed by atoms with Gasteiger partial charge in [-0.05, 0) is 30.3 Å². The molecule has 2 aromatic carbocycles. The molecule has 4 rings (SSSR count). The minimum absolute atomic E-state index is 0.00681. The van der Waals surface area contributed by atoms with Gasteiger partial charge in [0.05, 0.1) is 20.9 Å². The first kappa shape index (κ1) is 20.7. The normalized spacial score (nSPS) is 12.3. The van der Waals surface area contributed by atoms with Crippen LogP contribution in [0.5, 0.6) is 0 Å². The van der Waals surface area contributed by atoms with Crippen LogP contribution in [-0.2, 0) is 20.0 Å². The van der Waals surface area contributed by atoms with Crippen LogP contribution in [-0.4, -0.2) is 36.6 Å². The van der Waals surface area contributed by atoms with Crippen molar-refractivity contribution in [2.24, 2.45) is 10.3 Å². The smallest absolute Gasteiger partial charge is 0.238 e. The van der Waals surface area contributed by atoms with Crippen molar-refractivity contribution in [3.05, 3.63) is 48.5 Å². The predicted molar refractivity (Wildman–Crippen MR) is 114 cm³/mol. The van der Waals surface area contributed by atoms with E-state index in [4.69, 9.17) is 21.7 Å². The summed E-state index contributed by atoms with van der Waals surface area (Å²) in [5, 5.41) is 15.2. The van der Waals surface area contributed by atoms with Gasteiger partial charge in [-0.1, -0.05) is 18.2 Å². The number of benzene rings is 2. The van der Waals surface area contributed by atoms with E-state index in [0.29, 0.717) is 16.6 Å². The number of nitrogens with zero attached hydrogens (tertiary/aromatic N) is 4. The molecule has 31 heavy (non-hydrogen) atoms. The van der Waals surface area contributed by atoms with Crippen LogP contribution in [0.25, 0.3) is 28.0 Å². The molecule has 12 nitrogen and oxygen atoms in total. The van der Waals surface area contributed by atoms with Crippen molar-refractivity contribution in [1.82, 2.24) is 19.7 Å². The minimum Gasteiger partial charge on any atom is -0.383 e. The van der Waals surface area contributed by atoms with Crippen molar-refractivity contribution in [2.75, 3.05) is 11.5 Å². The van der Waals surface area contributed by atoms with E-state index < -0.39 is 20.0 Å². The Morgan fingerprint density at radius 3 is 2.06 bits per heavy atom. The summed E-state index contributed by atoms with van der Waals surface area (Å²) in [6.45, 7) is 0. The zero-order chi connectivity index (χ0) is 22.6. The Morgan fingerprint density at radius 1 is 0.806 bits per heavy atom. The van der Waals surface area contributed by atoms with Gasteiger partial charge >= 0.3 is 0 Å². The van der Waals surface area contributed by atoms with Crippen molar-refractivity contribution in [1.29, 1.82) is 0 Å². The number of sulfonamides is 2. The number of hydrogen-bond acceptors (Lipinski definition) is 9. The van der Waals surface area contributed by atoms with Crippen molar-refractivity contribution in [3.8, 4) is 16.9 Å². The molecule has 160 valence electrons. The minimum atomic E-state index is -3.97. The molecule has 0 unspecified atom stereocenters. The van der Waals surface area contributed by atoms with E-state index in [1.54, 1.807) is 12.1 Å². The Labute approximate surface area is 176 Å². The first-order valence-electron chi connectivity index (χ1n) is 8.53. The molecule has 0 saturated heterocycles. The summed E-state index contributed by atoms with van der Waals surface area (Å²) >= 11 is 0. The third-order valence-electron chi connectivity index (χ3n) is 4.40. The fourth-order valence-electron chi connectivity index (χ4n) is 3.06. The first-order valence-corrected chi connectivity index (χ1v) is 11.6. The highest BCUT2D eigenvalue weighted by molar-refractivity contribution is 7.89. The van der Waals surface area contributed by atoms with E-state index in [0.717, 1.165) is 0 Å². The molecule has 0 aliphatic heterocycles. The summed E-state index contributed by atoms with van der Waals surface area (Å²) < 4.78 is 48.4. The van der Waals surface area contributed by atoms with Crippen LogP contribution in [0.15, 0.2) is 58.3 Å². The number of anilines is 2. The molecule has 4 aromatic rings. The maximum absolute atomic E-state index is 11.8. The largest absolute Gasteiger partial charge is 0.383 e. The monoisotopic (exact) mass is 460 g/mol. The number of fused-ring (bicyclic) bond motifs is 1. The highest BCUT2D eigenvalue weighted by Gasteiger charge is 2.21. The lowest BCUT2D eigenvalue weighted by Gasteiger charge is -2.05. The lowest BCUT2D eigenvalue weighted by Crippen LogP contribution is -2.12. The topological polar surface area (TPSA) is 216 Å². The van der Waals surface area contributed by atoms with E-state index in [1.807, 2.05) is 0 Å². The quantitative estimate of drug-likeness (QED) is 0.320. The number of hydrogen-bond donors (Lipinski definition) is 4. The van der Waals surface area contributed by atoms with Gasteiger partial charge in [0, 0.05) is 5.56 Å². The molecule has 0 amide bonds. The number of aromatic nitrogens is 4. The lowest BCUT2D eigenvalue weighted by molar-refractivity contribution is 0.596. The van der Waals surface area contributed by atoms with Crippen molar-refractivity contribution in [2.45, 2.75) is 9.79 Å². The van der Waals surface area contributed by atoms with Crippen LogP contribution in [0.3, 0.4) is 0 Å². The van der Waals surface area contributed by atoms with Gasteiger partial charge in [0.15, 0.2) is 5.65 Å². The summed E-state index contributed by atoms with van der Waals surface area (Å²) in [6.07, 6.45) is 0. The molecule has 14 heteroatoms. The molecular weight excluding hydrogens is 444 g/mol. The van der Waals surface area contributed by atoms with Gasteiger partial charge in [0.2, 0.25) is 26.0 Å². The van der Waals surface area contributed by atoms with Gasteiger partial charge in [0.1, 0.15) is 11.5 Å². The Balaban J connectivity index is 2.05. The molecular formula is C17H16N8O4S2. The molecule has 0 atom stereocenters. The molecule has 0 spiro atoms. The molecule has 2 heterocycles. The fourth-order valence-corrected chi connectivity index (χ4v) is 4.17. The van der Waals surface area contributed by atoms with Crippen LogP contribution in [0.1, 0.15) is 0 Å². The van der Waals surface area contributed by atoms with Gasteiger partial charge in [0.25, 0.3) is 0 Å². The average Bonchev–Trinajstić information content (AvgIpc) is 3.06. The second-order valence-electron chi connectivity index (χ2n) is 6.54. The van der Waals surface area contributed by atoms with E-state index in [2.05, 4.69) is 15.1 Å². The Bertz CT molecular complexity index is 1560. The fraction of sp³-hybridized carbons (Fsp3) is 0. The number of rotatable bonds is 4. The van der Waals surface area contributed by atoms with Gasteiger partial charge < -0.3 is 11.5 Å². The molecule has 8 N–H and O–H groups in total. The zero-order valence-corrected chi connectivity index (χ0v) is 17.3. The maximum Gasteiger partial charge on any atom is 0.238 e. The Hall–Kier alpha value is -3.59. The second kappa shape index (κ2) is 6.98. The SMILES string of the molecule is Nc1nc(N)c2c(-c3cccc(S(N)(=O)=O)c3)nn(-c3cccc(S(N)(=O)=O)c3)c2n1. The van der Waals surface area contributed by atoms with Crippen molar-refractivity contribution >= 4 is 42.8 Å². The van der Waals surface area contributed by atoms with Crippen LogP contribution >= 0.6 is 0 Å². The van der Waals surface area contributed by atoms with Gasteiger partial charge in [-0.2, -0.15) is 15.1 Å². The zero-order valence-electron chi connectivity index (χ0n) is 15.7. The van der Waals surface area contributed by atoms with Gasteiger partial charge in [-0.3, -0.25) is 0 Å². The summed E-state index contributed by atoms with van der Waals surface area (Å²) in [5.74, 6) is -0.119. The summed E-state index contributed by atoms with van der Waals surface area (Å²) in [6, 6.07) is 11.5. The van der Waals surface area contributed by atoms with E-state index in [-0.39, 0.29) is 32.9 Å². The van der Waals surface area contributed by atoms with Crippen molar-refractivity contribution in [3.63, 3.8) is 0 Å². The lowest BCUT2D eigenvalue weighted by atomic mass is 10.1. The van der Waals surface area contributed by atoms with E-state index >= 15 is 0 Å². The summed E-state index contributed by atoms with van der Waals surface area (Å²) in [7, 11) is -7.94. The molecule has 0 bridgehead atoms. The Kier molecular flexibility index (Phi) is 4.66. The number of primary sulfonamides is 2. The molecule has 0 fully saturated rings. The molecule has 0 aliphatic carbocycles.